The summed E-state index contributed by atoms with van der Waals surface area (Å²) in [7, 11) is -5.30. The lowest BCUT2D eigenvalue weighted by molar-refractivity contribution is 0.213. The first-order chi connectivity index (χ1) is 8.07. The Morgan fingerprint density at radius 3 is 1.47 bits per heavy atom. The Morgan fingerprint density at radius 1 is 0.941 bits per heavy atom. The van der Waals surface area contributed by atoms with Gasteiger partial charge in [0.15, 0.2) is 0 Å². The molecular formula is C10H20Cl2O3Si2. The molecule has 2 atom stereocenters. The van der Waals surface area contributed by atoms with E-state index in [1.807, 2.05) is 13.8 Å². The maximum Gasteiger partial charge on any atom is 0.371 e. The monoisotopic (exact) mass is 314 g/mol. The van der Waals surface area contributed by atoms with Crippen LogP contribution in [0.25, 0.3) is 0 Å². The number of hydrogen-bond acceptors (Lipinski definition) is 3. The second kappa shape index (κ2) is 8.47. The fraction of sp³-hybridized carbons (Fsp3) is 0.600. The zero-order valence-corrected chi connectivity index (χ0v) is 13.9. The van der Waals surface area contributed by atoms with Crippen LogP contribution in [0.3, 0.4) is 0 Å². The summed E-state index contributed by atoms with van der Waals surface area (Å²) in [5, 5.41) is 0. The maximum atomic E-state index is 6.04. The largest absolute Gasteiger partial charge is 0.407 e. The van der Waals surface area contributed by atoms with Crippen LogP contribution in [0.2, 0.25) is 0 Å². The maximum absolute atomic E-state index is 6.04. The molecule has 0 bridgehead atoms. The second-order valence-electron chi connectivity index (χ2n) is 3.27. The number of alkyl halides is 2. The summed E-state index contributed by atoms with van der Waals surface area (Å²) in [5.74, 6) is 0. The first kappa shape index (κ1) is 17.4. The summed E-state index contributed by atoms with van der Waals surface area (Å²) in [6, 6.07) is 0. The van der Waals surface area contributed by atoms with Crippen molar-refractivity contribution in [1.29, 1.82) is 0 Å². The van der Waals surface area contributed by atoms with Crippen LogP contribution in [0.1, 0.15) is 13.8 Å². The minimum Gasteiger partial charge on any atom is -0.407 e. The normalized spacial score (nSPS) is 18.1. The van der Waals surface area contributed by atoms with Gasteiger partial charge in [-0.05, 0) is 25.2 Å². The molecule has 0 rings (SSSR count). The van der Waals surface area contributed by atoms with Crippen molar-refractivity contribution in [3.8, 4) is 0 Å². The molecule has 0 fully saturated rings. The molecule has 0 spiro atoms. The van der Waals surface area contributed by atoms with Crippen LogP contribution in [0.15, 0.2) is 24.6 Å². The van der Waals surface area contributed by atoms with Crippen molar-refractivity contribution in [2.45, 2.75) is 13.8 Å². The third-order valence-electron chi connectivity index (χ3n) is 2.12. The lowest BCUT2D eigenvalue weighted by Gasteiger charge is -2.34. The van der Waals surface area contributed by atoms with Crippen molar-refractivity contribution < 1.29 is 13.0 Å². The van der Waals surface area contributed by atoms with E-state index in [1.54, 1.807) is 11.4 Å². The molecule has 0 aliphatic rings. The van der Waals surface area contributed by atoms with Crippen molar-refractivity contribution in [3.05, 3.63) is 24.6 Å². The highest BCUT2D eigenvalue weighted by atomic mass is 35.5. The van der Waals surface area contributed by atoms with E-state index in [0.29, 0.717) is 13.2 Å². The molecule has 0 aliphatic carbocycles. The van der Waals surface area contributed by atoms with Crippen LogP contribution in [0, 0.1) is 0 Å². The zero-order valence-electron chi connectivity index (χ0n) is 10.4. The molecule has 2 unspecified atom stereocenters. The molecule has 0 aromatic rings. The first-order valence-electron chi connectivity index (χ1n) is 5.44. The quantitative estimate of drug-likeness (QED) is 0.458. The van der Waals surface area contributed by atoms with E-state index in [-0.39, 0.29) is 11.0 Å². The molecule has 17 heavy (non-hydrogen) atoms. The van der Waals surface area contributed by atoms with Crippen molar-refractivity contribution >= 4 is 40.3 Å². The lowest BCUT2D eigenvalue weighted by Crippen LogP contribution is -2.56. The van der Waals surface area contributed by atoms with Gasteiger partial charge in [-0.1, -0.05) is 0 Å². The van der Waals surface area contributed by atoms with E-state index in [9.17, 15) is 0 Å². The summed E-state index contributed by atoms with van der Waals surface area (Å²) in [4.78, 5) is 0. The summed E-state index contributed by atoms with van der Waals surface area (Å²) in [6.07, 6.45) is 0. The molecule has 7 heteroatoms. The SMILES string of the molecule is C=C[Si](CCl)(OCC)O[Si](C=C)(CCl)OCC. The van der Waals surface area contributed by atoms with Gasteiger partial charge in [0.25, 0.3) is 0 Å². The van der Waals surface area contributed by atoms with Crippen molar-refractivity contribution in [3.63, 3.8) is 0 Å². The van der Waals surface area contributed by atoms with E-state index < -0.39 is 17.1 Å². The summed E-state index contributed by atoms with van der Waals surface area (Å²) in [6.45, 7) is 12.3. The molecule has 0 radical (unpaired) electrons. The fourth-order valence-corrected chi connectivity index (χ4v) is 8.88. The topological polar surface area (TPSA) is 27.7 Å². The second-order valence-corrected chi connectivity index (χ2v) is 10.9. The number of hydrogen-bond donors (Lipinski definition) is 0. The molecule has 0 aromatic carbocycles. The predicted octanol–water partition coefficient (Wildman–Crippen LogP) is 2.97. The summed E-state index contributed by atoms with van der Waals surface area (Å²) >= 11 is 11.9. The molecule has 3 nitrogen and oxygen atoms in total. The smallest absolute Gasteiger partial charge is 0.371 e. The van der Waals surface area contributed by atoms with Crippen molar-refractivity contribution in [1.82, 2.24) is 0 Å². The highest BCUT2D eigenvalue weighted by Crippen LogP contribution is 2.21. The van der Waals surface area contributed by atoms with E-state index in [4.69, 9.17) is 36.2 Å². The van der Waals surface area contributed by atoms with Gasteiger partial charge >= 0.3 is 17.1 Å². The van der Waals surface area contributed by atoms with Gasteiger partial charge in [-0.25, -0.2) is 0 Å². The van der Waals surface area contributed by atoms with Crippen LogP contribution < -0.4 is 0 Å². The molecule has 0 aromatic heterocycles. The van der Waals surface area contributed by atoms with Crippen LogP contribution in [-0.4, -0.2) is 41.3 Å². The van der Waals surface area contributed by atoms with Crippen molar-refractivity contribution in [2.24, 2.45) is 0 Å². The fourth-order valence-electron chi connectivity index (χ4n) is 1.28. The third-order valence-corrected chi connectivity index (χ3v) is 10.7. The average molecular weight is 315 g/mol. The van der Waals surface area contributed by atoms with Gasteiger partial charge in [0, 0.05) is 13.2 Å². The Hall–Kier alpha value is 0.374. The predicted molar refractivity (Wildman–Crippen MR) is 77.7 cm³/mol. The van der Waals surface area contributed by atoms with E-state index >= 15 is 0 Å². The summed E-state index contributed by atoms with van der Waals surface area (Å²) < 4.78 is 17.3. The minimum absolute atomic E-state index is 0.261. The first-order valence-corrected chi connectivity index (χ1v) is 10.7. The highest BCUT2D eigenvalue weighted by molar-refractivity contribution is 6.91. The van der Waals surface area contributed by atoms with Gasteiger partial charge in [-0.3, -0.25) is 0 Å². The van der Waals surface area contributed by atoms with E-state index in [1.165, 1.54) is 0 Å². The number of halogens is 2. The van der Waals surface area contributed by atoms with Gasteiger partial charge in [0.1, 0.15) is 0 Å². The van der Waals surface area contributed by atoms with Crippen LogP contribution in [0.5, 0.6) is 0 Å². The Kier molecular flexibility index (Phi) is 8.66. The van der Waals surface area contributed by atoms with Crippen LogP contribution in [-0.2, 0) is 13.0 Å². The molecule has 0 amide bonds. The molecule has 100 valence electrons. The number of rotatable bonds is 10. The van der Waals surface area contributed by atoms with E-state index in [0.717, 1.165) is 0 Å². The standard InChI is InChI=1S/C10H20Cl2O3Si2/c1-5-13-16(7-3,9-11)15-17(8-4,10-12)14-6-2/h7-8H,3-6,9-10H2,1-2H3. The van der Waals surface area contributed by atoms with Gasteiger partial charge in [-0.15, -0.1) is 36.4 Å². The minimum atomic E-state index is -2.65. The summed E-state index contributed by atoms with van der Waals surface area (Å²) in [5.41, 5.74) is 3.86. The Balaban J connectivity index is 5.02. The molecule has 0 aliphatic heterocycles. The Bertz CT molecular complexity index is 232. The molecular weight excluding hydrogens is 295 g/mol. The van der Waals surface area contributed by atoms with Gasteiger partial charge in [0.05, 0.1) is 11.0 Å². The average Bonchev–Trinajstić information content (AvgIpc) is 2.37. The van der Waals surface area contributed by atoms with Gasteiger partial charge in [-0.2, -0.15) is 0 Å². The zero-order chi connectivity index (χ0) is 13.4. The van der Waals surface area contributed by atoms with Crippen LogP contribution >= 0.6 is 23.2 Å². The third kappa shape index (κ3) is 4.86. The Morgan fingerprint density at radius 2 is 1.29 bits per heavy atom. The molecule has 0 saturated carbocycles. The van der Waals surface area contributed by atoms with Gasteiger partial charge in [0.2, 0.25) is 0 Å². The lowest BCUT2D eigenvalue weighted by atomic mass is 10.9. The van der Waals surface area contributed by atoms with Crippen molar-refractivity contribution in [2.75, 3.05) is 24.2 Å². The Labute approximate surface area is 116 Å². The van der Waals surface area contributed by atoms with Gasteiger partial charge < -0.3 is 13.0 Å². The van der Waals surface area contributed by atoms with E-state index in [2.05, 4.69) is 13.2 Å². The molecule has 0 N–H and O–H groups in total. The molecule has 0 heterocycles. The van der Waals surface area contributed by atoms with Crippen LogP contribution in [0.4, 0.5) is 0 Å². The molecule has 0 saturated heterocycles. The highest BCUT2D eigenvalue weighted by Gasteiger charge is 2.45.